The molecule has 0 saturated carbocycles. The van der Waals surface area contributed by atoms with E-state index in [2.05, 4.69) is 15.5 Å². The molecule has 5 heteroatoms. The van der Waals surface area contributed by atoms with E-state index >= 15 is 0 Å². The molecular formula is C13H27N3O2. The topological polar surface area (TPSA) is 53.6 Å². The van der Waals surface area contributed by atoms with E-state index in [9.17, 15) is 4.79 Å². The zero-order valence-electron chi connectivity index (χ0n) is 11.9. The van der Waals surface area contributed by atoms with E-state index in [0.29, 0.717) is 19.2 Å². The van der Waals surface area contributed by atoms with E-state index in [0.717, 1.165) is 19.5 Å². The van der Waals surface area contributed by atoms with Gasteiger partial charge in [0.2, 0.25) is 5.91 Å². The molecule has 1 aliphatic heterocycles. The third-order valence-electron chi connectivity index (χ3n) is 3.39. The lowest BCUT2D eigenvalue weighted by Gasteiger charge is -2.26. The molecule has 0 aliphatic carbocycles. The molecule has 106 valence electrons. The Hall–Kier alpha value is -0.650. The predicted molar refractivity (Wildman–Crippen MR) is 72.6 cm³/mol. The van der Waals surface area contributed by atoms with E-state index in [4.69, 9.17) is 4.74 Å². The fraction of sp³-hybridized carbons (Fsp3) is 0.923. The summed E-state index contributed by atoms with van der Waals surface area (Å²) in [6.07, 6.45) is 3.48. The lowest BCUT2D eigenvalue weighted by molar-refractivity contribution is -0.123. The standard InChI is InChI=1S/C13H27N3O2/c1-11(10-18-3)15-13(17)9-16(2)12-5-4-7-14-8-6-12/h11-12,14H,4-10H2,1-3H3,(H,15,17). The van der Waals surface area contributed by atoms with Crippen LogP contribution >= 0.6 is 0 Å². The fourth-order valence-electron chi connectivity index (χ4n) is 2.41. The summed E-state index contributed by atoms with van der Waals surface area (Å²) in [5.74, 6) is 0.0826. The van der Waals surface area contributed by atoms with Crippen molar-refractivity contribution in [3.63, 3.8) is 0 Å². The molecule has 2 N–H and O–H groups in total. The number of amides is 1. The van der Waals surface area contributed by atoms with Gasteiger partial charge in [0.05, 0.1) is 13.2 Å². The number of nitrogens with one attached hydrogen (secondary N) is 2. The molecule has 0 radical (unpaired) electrons. The van der Waals surface area contributed by atoms with E-state index in [1.807, 2.05) is 14.0 Å². The summed E-state index contributed by atoms with van der Waals surface area (Å²) in [5.41, 5.74) is 0. The third-order valence-corrected chi connectivity index (χ3v) is 3.39. The van der Waals surface area contributed by atoms with Crippen molar-refractivity contribution in [2.24, 2.45) is 0 Å². The van der Waals surface area contributed by atoms with E-state index in [-0.39, 0.29) is 11.9 Å². The summed E-state index contributed by atoms with van der Waals surface area (Å²) < 4.78 is 5.01. The van der Waals surface area contributed by atoms with Crippen LogP contribution in [0.25, 0.3) is 0 Å². The Kier molecular flexibility index (Phi) is 7.23. The van der Waals surface area contributed by atoms with Crippen LogP contribution in [0.2, 0.25) is 0 Å². The first-order valence-corrected chi connectivity index (χ1v) is 6.82. The van der Waals surface area contributed by atoms with Gasteiger partial charge in [0.25, 0.3) is 0 Å². The molecule has 0 aromatic heterocycles. The molecule has 2 unspecified atom stereocenters. The highest BCUT2D eigenvalue weighted by Crippen LogP contribution is 2.11. The minimum atomic E-state index is 0.0756. The minimum Gasteiger partial charge on any atom is -0.383 e. The molecule has 5 nitrogen and oxygen atoms in total. The number of carbonyl (C=O) groups excluding carboxylic acids is 1. The number of hydrogen-bond acceptors (Lipinski definition) is 4. The number of rotatable bonds is 6. The molecule has 1 saturated heterocycles. The van der Waals surface area contributed by atoms with Crippen molar-refractivity contribution in [3.05, 3.63) is 0 Å². The number of ether oxygens (including phenoxy) is 1. The van der Waals surface area contributed by atoms with Crippen molar-refractivity contribution < 1.29 is 9.53 Å². The maximum atomic E-state index is 11.8. The Bertz CT molecular complexity index is 240. The van der Waals surface area contributed by atoms with Crippen molar-refractivity contribution in [1.82, 2.24) is 15.5 Å². The van der Waals surface area contributed by atoms with Crippen LogP contribution in [0, 0.1) is 0 Å². The normalized spacial score (nSPS) is 22.6. The second-order valence-electron chi connectivity index (χ2n) is 5.17. The Morgan fingerprint density at radius 1 is 1.50 bits per heavy atom. The zero-order valence-corrected chi connectivity index (χ0v) is 11.9. The van der Waals surface area contributed by atoms with Gasteiger partial charge in [-0.25, -0.2) is 0 Å². The maximum Gasteiger partial charge on any atom is 0.234 e. The predicted octanol–water partition coefficient (Wildman–Crippen LogP) is 0.211. The van der Waals surface area contributed by atoms with Crippen molar-refractivity contribution in [1.29, 1.82) is 0 Å². The Morgan fingerprint density at radius 3 is 3.00 bits per heavy atom. The van der Waals surface area contributed by atoms with Gasteiger partial charge in [-0.2, -0.15) is 0 Å². The van der Waals surface area contributed by atoms with Crippen molar-refractivity contribution in [3.8, 4) is 0 Å². The van der Waals surface area contributed by atoms with Crippen LogP contribution in [0.4, 0.5) is 0 Å². The average molecular weight is 257 g/mol. The SMILES string of the molecule is COCC(C)NC(=O)CN(C)C1CCCNCC1. The van der Waals surface area contributed by atoms with Gasteiger partial charge in [0.15, 0.2) is 0 Å². The highest BCUT2D eigenvalue weighted by atomic mass is 16.5. The second-order valence-corrected chi connectivity index (χ2v) is 5.17. The van der Waals surface area contributed by atoms with E-state index in [1.54, 1.807) is 7.11 Å². The molecule has 2 atom stereocenters. The molecule has 0 bridgehead atoms. The summed E-state index contributed by atoms with van der Waals surface area (Å²) in [6.45, 7) is 5.14. The Morgan fingerprint density at radius 2 is 2.28 bits per heavy atom. The van der Waals surface area contributed by atoms with Gasteiger partial charge in [-0.3, -0.25) is 9.69 Å². The number of methoxy groups -OCH3 is 1. The lowest BCUT2D eigenvalue weighted by atomic mass is 10.1. The van der Waals surface area contributed by atoms with Gasteiger partial charge in [0.1, 0.15) is 0 Å². The van der Waals surface area contributed by atoms with Crippen molar-refractivity contribution in [2.75, 3.05) is 40.4 Å². The molecule has 1 fully saturated rings. The number of hydrogen-bond donors (Lipinski definition) is 2. The molecule has 0 aromatic carbocycles. The van der Waals surface area contributed by atoms with Crippen LogP contribution in [0.3, 0.4) is 0 Å². The first-order chi connectivity index (χ1) is 8.63. The van der Waals surface area contributed by atoms with Gasteiger partial charge in [-0.1, -0.05) is 0 Å². The number of likely N-dealkylation sites (N-methyl/N-ethyl adjacent to an activating group) is 1. The van der Waals surface area contributed by atoms with Crippen LogP contribution in [0.15, 0.2) is 0 Å². The van der Waals surface area contributed by atoms with Crippen LogP contribution < -0.4 is 10.6 Å². The Labute approximate surface area is 110 Å². The van der Waals surface area contributed by atoms with Gasteiger partial charge < -0.3 is 15.4 Å². The van der Waals surface area contributed by atoms with Crippen molar-refractivity contribution in [2.45, 2.75) is 38.3 Å². The molecule has 1 aliphatic rings. The van der Waals surface area contributed by atoms with Gasteiger partial charge in [-0.05, 0) is 46.3 Å². The molecule has 0 aromatic rings. The summed E-state index contributed by atoms with van der Waals surface area (Å²) in [4.78, 5) is 14.0. The quantitative estimate of drug-likeness (QED) is 0.714. The number of nitrogens with zero attached hydrogens (tertiary/aromatic N) is 1. The van der Waals surface area contributed by atoms with Crippen LogP contribution in [-0.2, 0) is 9.53 Å². The monoisotopic (exact) mass is 257 g/mol. The molecule has 1 heterocycles. The highest BCUT2D eigenvalue weighted by Gasteiger charge is 2.19. The summed E-state index contributed by atoms with van der Waals surface area (Å²) in [5, 5.41) is 6.34. The fourth-order valence-corrected chi connectivity index (χ4v) is 2.41. The zero-order chi connectivity index (χ0) is 13.4. The third kappa shape index (κ3) is 5.80. The summed E-state index contributed by atoms with van der Waals surface area (Å²) in [7, 11) is 3.68. The molecule has 0 spiro atoms. The second kappa shape index (κ2) is 8.45. The van der Waals surface area contributed by atoms with Gasteiger partial charge in [-0.15, -0.1) is 0 Å². The van der Waals surface area contributed by atoms with Crippen LogP contribution in [-0.4, -0.2) is 63.3 Å². The molecular weight excluding hydrogens is 230 g/mol. The van der Waals surface area contributed by atoms with Gasteiger partial charge >= 0.3 is 0 Å². The maximum absolute atomic E-state index is 11.8. The van der Waals surface area contributed by atoms with Crippen LogP contribution in [0.1, 0.15) is 26.2 Å². The van der Waals surface area contributed by atoms with Gasteiger partial charge in [0, 0.05) is 19.2 Å². The largest absolute Gasteiger partial charge is 0.383 e. The average Bonchev–Trinajstić information content (AvgIpc) is 2.57. The molecule has 18 heavy (non-hydrogen) atoms. The summed E-state index contributed by atoms with van der Waals surface area (Å²) >= 11 is 0. The van der Waals surface area contributed by atoms with Crippen LogP contribution in [0.5, 0.6) is 0 Å². The molecule has 1 rings (SSSR count). The number of carbonyl (C=O) groups is 1. The Balaban J connectivity index is 2.29. The van der Waals surface area contributed by atoms with Crippen molar-refractivity contribution >= 4 is 5.91 Å². The lowest BCUT2D eigenvalue weighted by Crippen LogP contribution is -2.44. The first kappa shape index (κ1) is 15.4. The summed E-state index contributed by atoms with van der Waals surface area (Å²) in [6, 6.07) is 0.593. The van der Waals surface area contributed by atoms with E-state index in [1.165, 1.54) is 12.8 Å². The smallest absolute Gasteiger partial charge is 0.234 e. The first-order valence-electron chi connectivity index (χ1n) is 6.82. The van der Waals surface area contributed by atoms with E-state index < -0.39 is 0 Å². The molecule has 1 amide bonds. The minimum absolute atomic E-state index is 0.0756. The highest BCUT2D eigenvalue weighted by molar-refractivity contribution is 5.78.